The van der Waals surface area contributed by atoms with E-state index in [1.165, 1.54) is 0 Å². The van der Waals surface area contributed by atoms with Crippen molar-refractivity contribution in [3.8, 4) is 5.69 Å². The van der Waals surface area contributed by atoms with Gasteiger partial charge in [0.1, 0.15) is 4.60 Å². The molecule has 0 bridgehead atoms. The van der Waals surface area contributed by atoms with E-state index in [1.807, 2.05) is 30.5 Å². The summed E-state index contributed by atoms with van der Waals surface area (Å²) in [6.07, 6.45) is 2.02. The third kappa shape index (κ3) is 2.22. The molecule has 0 saturated heterocycles. The molecule has 0 unspecified atom stereocenters. The minimum Gasteiger partial charge on any atom is -0.310 e. The maximum Gasteiger partial charge on any atom is 0.104 e. The molecule has 1 heterocycles. The zero-order valence-corrected chi connectivity index (χ0v) is 11.1. The summed E-state index contributed by atoms with van der Waals surface area (Å²) in [4.78, 5) is 0. The molecule has 4 heteroatoms. The monoisotopic (exact) mass is 335 g/mol. The molecular formula is C10H8Br2ClN. The Hall–Kier alpha value is -0.250. The van der Waals surface area contributed by atoms with Crippen LogP contribution in [-0.4, -0.2) is 4.57 Å². The minimum absolute atomic E-state index is 0. The van der Waals surface area contributed by atoms with Gasteiger partial charge in [0.05, 0.1) is 4.47 Å². The molecule has 1 aromatic heterocycles. The van der Waals surface area contributed by atoms with Crippen molar-refractivity contribution < 1.29 is 0 Å². The Morgan fingerprint density at radius 1 is 0.929 bits per heavy atom. The molecule has 14 heavy (non-hydrogen) atoms. The van der Waals surface area contributed by atoms with Crippen LogP contribution in [0.4, 0.5) is 0 Å². The standard InChI is InChI=1S/C10H7Br2N.ClH/c11-9-6-7-13(10(9)12)8-4-2-1-3-5-8;/h1-7H;1H. The number of aromatic nitrogens is 1. The van der Waals surface area contributed by atoms with Crippen molar-refractivity contribution >= 4 is 44.3 Å². The van der Waals surface area contributed by atoms with Crippen LogP contribution in [-0.2, 0) is 0 Å². The summed E-state index contributed by atoms with van der Waals surface area (Å²) >= 11 is 6.95. The summed E-state index contributed by atoms with van der Waals surface area (Å²) in [7, 11) is 0. The fourth-order valence-electron chi connectivity index (χ4n) is 1.18. The van der Waals surface area contributed by atoms with Gasteiger partial charge in [0.25, 0.3) is 0 Å². The molecule has 74 valence electrons. The van der Waals surface area contributed by atoms with Crippen molar-refractivity contribution in [1.29, 1.82) is 0 Å². The minimum atomic E-state index is 0. The zero-order valence-electron chi connectivity index (χ0n) is 7.15. The van der Waals surface area contributed by atoms with Crippen molar-refractivity contribution in [3.05, 3.63) is 51.7 Å². The highest BCUT2D eigenvalue weighted by molar-refractivity contribution is 9.13. The van der Waals surface area contributed by atoms with Crippen molar-refractivity contribution in [2.75, 3.05) is 0 Å². The van der Waals surface area contributed by atoms with Crippen molar-refractivity contribution in [2.24, 2.45) is 0 Å². The van der Waals surface area contributed by atoms with Crippen LogP contribution < -0.4 is 0 Å². The first kappa shape index (κ1) is 11.8. The Kier molecular flexibility index (Phi) is 4.23. The van der Waals surface area contributed by atoms with Crippen molar-refractivity contribution in [2.45, 2.75) is 0 Å². The van der Waals surface area contributed by atoms with Crippen LogP contribution in [0, 0.1) is 0 Å². The van der Waals surface area contributed by atoms with Gasteiger partial charge in [-0.05, 0) is 50.1 Å². The normalized spacial score (nSPS) is 9.57. The largest absolute Gasteiger partial charge is 0.310 e. The molecule has 0 aliphatic heterocycles. The van der Waals surface area contributed by atoms with Crippen LogP contribution >= 0.6 is 44.3 Å². The lowest BCUT2D eigenvalue weighted by Gasteiger charge is -2.03. The molecule has 0 amide bonds. The molecule has 0 N–H and O–H groups in total. The van der Waals surface area contributed by atoms with Crippen LogP contribution in [0.25, 0.3) is 5.69 Å². The first-order valence-electron chi connectivity index (χ1n) is 3.87. The second-order valence-corrected chi connectivity index (χ2v) is 4.27. The predicted molar refractivity (Wildman–Crippen MR) is 68.4 cm³/mol. The van der Waals surface area contributed by atoms with Gasteiger partial charge >= 0.3 is 0 Å². The summed E-state index contributed by atoms with van der Waals surface area (Å²) in [5.74, 6) is 0. The van der Waals surface area contributed by atoms with Crippen LogP contribution in [0.1, 0.15) is 0 Å². The van der Waals surface area contributed by atoms with Crippen LogP contribution in [0.5, 0.6) is 0 Å². The van der Waals surface area contributed by atoms with Crippen LogP contribution in [0.2, 0.25) is 0 Å². The molecule has 0 radical (unpaired) electrons. The second-order valence-electron chi connectivity index (χ2n) is 2.66. The number of para-hydroxylation sites is 1. The summed E-state index contributed by atoms with van der Waals surface area (Å²) < 4.78 is 4.18. The summed E-state index contributed by atoms with van der Waals surface area (Å²) in [5.41, 5.74) is 1.15. The van der Waals surface area contributed by atoms with Gasteiger partial charge < -0.3 is 4.57 Å². The number of benzene rings is 1. The lowest BCUT2D eigenvalue weighted by molar-refractivity contribution is 1.04. The molecule has 0 spiro atoms. The summed E-state index contributed by atoms with van der Waals surface area (Å²) in [5, 5.41) is 0. The molecule has 1 nitrogen and oxygen atoms in total. The molecule has 1 aromatic carbocycles. The van der Waals surface area contributed by atoms with Crippen LogP contribution in [0.3, 0.4) is 0 Å². The van der Waals surface area contributed by atoms with Gasteiger partial charge in [-0.1, -0.05) is 18.2 Å². The van der Waals surface area contributed by atoms with Gasteiger partial charge in [-0.25, -0.2) is 0 Å². The van der Waals surface area contributed by atoms with Crippen molar-refractivity contribution in [1.82, 2.24) is 4.57 Å². The molecule has 2 aromatic rings. The molecule has 0 aliphatic rings. The molecule has 0 atom stereocenters. The Bertz CT molecular complexity index is 411. The topological polar surface area (TPSA) is 4.93 Å². The predicted octanol–water partition coefficient (Wildman–Crippen LogP) is 4.42. The molecule has 0 aliphatic carbocycles. The van der Waals surface area contributed by atoms with E-state index in [0.717, 1.165) is 14.8 Å². The van der Waals surface area contributed by atoms with E-state index in [-0.39, 0.29) is 12.4 Å². The first-order valence-corrected chi connectivity index (χ1v) is 5.45. The molecular weight excluding hydrogens is 329 g/mol. The second kappa shape index (κ2) is 5.01. The van der Waals surface area contributed by atoms with Gasteiger partial charge in [0.15, 0.2) is 0 Å². The lowest BCUT2D eigenvalue weighted by Crippen LogP contribution is -1.90. The van der Waals surface area contributed by atoms with Crippen LogP contribution in [0.15, 0.2) is 51.7 Å². The average Bonchev–Trinajstić information content (AvgIpc) is 2.49. The smallest absolute Gasteiger partial charge is 0.104 e. The fourth-order valence-corrected chi connectivity index (χ4v) is 1.94. The van der Waals surface area contributed by atoms with Gasteiger partial charge in [0, 0.05) is 11.9 Å². The van der Waals surface area contributed by atoms with Gasteiger partial charge in [-0.3, -0.25) is 0 Å². The number of hydrogen-bond acceptors (Lipinski definition) is 0. The average molecular weight is 337 g/mol. The number of rotatable bonds is 1. The summed E-state index contributed by atoms with van der Waals surface area (Å²) in [6, 6.07) is 12.2. The third-order valence-electron chi connectivity index (χ3n) is 1.81. The highest BCUT2D eigenvalue weighted by atomic mass is 79.9. The van der Waals surface area contributed by atoms with E-state index in [0.29, 0.717) is 0 Å². The zero-order chi connectivity index (χ0) is 9.26. The Labute approximate surface area is 106 Å². The highest BCUT2D eigenvalue weighted by Gasteiger charge is 2.03. The van der Waals surface area contributed by atoms with E-state index in [4.69, 9.17) is 0 Å². The third-order valence-corrected chi connectivity index (χ3v) is 3.79. The Morgan fingerprint density at radius 2 is 1.57 bits per heavy atom. The van der Waals surface area contributed by atoms with E-state index in [1.54, 1.807) is 0 Å². The maximum atomic E-state index is 3.50. The van der Waals surface area contributed by atoms with Gasteiger partial charge in [-0.2, -0.15) is 0 Å². The first-order chi connectivity index (χ1) is 6.29. The fraction of sp³-hybridized carbons (Fsp3) is 0. The number of halogens is 3. The number of nitrogens with zero attached hydrogens (tertiary/aromatic N) is 1. The van der Waals surface area contributed by atoms with E-state index < -0.39 is 0 Å². The SMILES string of the molecule is Brc1ccn(-c2ccccc2)c1Br.Cl. The Morgan fingerprint density at radius 3 is 2.07 bits per heavy atom. The molecule has 0 fully saturated rings. The lowest BCUT2D eigenvalue weighted by atomic mass is 10.3. The van der Waals surface area contributed by atoms with E-state index in [2.05, 4.69) is 48.6 Å². The molecule has 2 rings (SSSR count). The van der Waals surface area contributed by atoms with E-state index in [9.17, 15) is 0 Å². The van der Waals surface area contributed by atoms with Crippen molar-refractivity contribution in [3.63, 3.8) is 0 Å². The quantitative estimate of drug-likeness (QED) is 0.726. The maximum absolute atomic E-state index is 3.50. The summed E-state index contributed by atoms with van der Waals surface area (Å²) in [6.45, 7) is 0. The Balaban J connectivity index is 0.000000980. The molecule has 0 saturated carbocycles. The van der Waals surface area contributed by atoms with E-state index >= 15 is 0 Å². The van der Waals surface area contributed by atoms with Gasteiger partial charge in [0.2, 0.25) is 0 Å². The number of hydrogen-bond donors (Lipinski definition) is 0. The van der Waals surface area contributed by atoms with Gasteiger partial charge in [-0.15, -0.1) is 12.4 Å². The highest BCUT2D eigenvalue weighted by Crippen LogP contribution is 2.26.